The second-order valence-corrected chi connectivity index (χ2v) is 10.7. The van der Waals surface area contributed by atoms with Crippen LogP contribution in [0.3, 0.4) is 0 Å². The van der Waals surface area contributed by atoms with E-state index in [0.717, 1.165) is 4.57 Å². The van der Waals surface area contributed by atoms with E-state index >= 15 is 4.39 Å². The van der Waals surface area contributed by atoms with Crippen molar-refractivity contribution in [2.45, 2.75) is 51.2 Å². The molecule has 0 spiro atoms. The van der Waals surface area contributed by atoms with Gasteiger partial charge in [0.1, 0.15) is 28.8 Å². The van der Waals surface area contributed by atoms with Crippen LogP contribution in [0.2, 0.25) is 0 Å². The quantitative estimate of drug-likeness (QED) is 0.167. The van der Waals surface area contributed by atoms with E-state index < -0.39 is 62.2 Å². The van der Waals surface area contributed by atoms with Gasteiger partial charge < -0.3 is 19.1 Å². The smallest absolute Gasteiger partial charge is 0.459 e. The number of carbonyl (C=O) groups is 1. The summed E-state index contributed by atoms with van der Waals surface area (Å²) >= 11 is 4.90. The number of benzene rings is 1. The summed E-state index contributed by atoms with van der Waals surface area (Å²) in [5.41, 5.74) is -3.43. The zero-order valence-corrected chi connectivity index (χ0v) is 22.5. The highest BCUT2D eigenvalue weighted by Gasteiger charge is 2.47. The molecule has 1 aromatic carbocycles. The van der Waals surface area contributed by atoms with Crippen molar-refractivity contribution in [1.29, 1.82) is 0 Å². The van der Waals surface area contributed by atoms with Crippen LogP contribution in [0.1, 0.15) is 33.4 Å². The first kappa shape index (κ1) is 29.1. The number of rotatable bonds is 10. The van der Waals surface area contributed by atoms with Crippen molar-refractivity contribution in [3.63, 3.8) is 0 Å². The molecule has 11 nitrogen and oxygen atoms in total. The molecule has 14 heteroatoms. The number of para-hydroxylation sites is 1. The molecule has 0 saturated carbocycles. The van der Waals surface area contributed by atoms with Crippen molar-refractivity contribution in [1.82, 2.24) is 14.6 Å². The van der Waals surface area contributed by atoms with E-state index in [0.29, 0.717) is 0 Å². The summed E-state index contributed by atoms with van der Waals surface area (Å²) in [5, 5.41) is 13.0. The molecule has 2 heterocycles. The average Bonchev–Trinajstić information content (AvgIpc) is 2.84. The number of aromatic amines is 1. The van der Waals surface area contributed by atoms with Crippen LogP contribution in [0.5, 0.6) is 5.75 Å². The summed E-state index contributed by atoms with van der Waals surface area (Å²) in [4.78, 5) is 27.0. The van der Waals surface area contributed by atoms with Crippen molar-refractivity contribution in [2.75, 3.05) is 6.61 Å². The zero-order chi connectivity index (χ0) is 28.1. The van der Waals surface area contributed by atoms with Gasteiger partial charge in [0.05, 0.1) is 12.5 Å². The molecule has 3 rings (SSSR count). The van der Waals surface area contributed by atoms with Gasteiger partial charge in [0.25, 0.3) is 0 Å². The van der Waals surface area contributed by atoms with Gasteiger partial charge >= 0.3 is 19.4 Å². The fourth-order valence-electron chi connectivity index (χ4n) is 3.33. The van der Waals surface area contributed by atoms with Crippen LogP contribution in [0.15, 0.2) is 58.9 Å². The van der Waals surface area contributed by atoms with Crippen LogP contribution < -0.4 is 15.3 Å². The second kappa shape index (κ2) is 12.0. The van der Waals surface area contributed by atoms with Gasteiger partial charge in [-0.3, -0.25) is 18.9 Å². The Morgan fingerprint density at radius 2 is 2.08 bits per heavy atom. The number of aliphatic hydroxyl groups excluding tert-OH is 1. The number of H-pyrrole nitrogens is 1. The maximum Gasteiger partial charge on any atom is 0.459 e. The van der Waals surface area contributed by atoms with E-state index in [1.165, 1.54) is 31.3 Å². The second-order valence-electron chi connectivity index (χ2n) is 8.55. The van der Waals surface area contributed by atoms with Gasteiger partial charge in [0, 0.05) is 6.20 Å². The summed E-state index contributed by atoms with van der Waals surface area (Å²) in [6, 6.07) is 8.19. The van der Waals surface area contributed by atoms with Crippen LogP contribution in [0, 0.1) is 17.0 Å². The van der Waals surface area contributed by atoms with Crippen molar-refractivity contribution in [2.24, 2.45) is 0 Å². The maximum absolute atomic E-state index is 15.5. The minimum atomic E-state index is -4.33. The van der Waals surface area contributed by atoms with Crippen molar-refractivity contribution in [3.8, 4) is 18.1 Å². The summed E-state index contributed by atoms with van der Waals surface area (Å²) in [7, 11) is -4.33. The van der Waals surface area contributed by atoms with Gasteiger partial charge in [-0.15, -0.1) is 6.42 Å². The molecule has 1 aromatic heterocycles. The number of nitrogens with zero attached hydrogens (tertiary/aromatic N) is 1. The Morgan fingerprint density at radius 1 is 1.39 bits per heavy atom. The SMILES string of the molecule is C#CC1(F)CC(O)=C(COP(=O)(N[C@@H](C)C(=O)OC(C)C)Oc2ccccc2)O[C@H]1n1ccc(=S)[nH]c1=O. The molecule has 1 aliphatic heterocycles. The number of aromatic nitrogens is 2. The van der Waals surface area contributed by atoms with Crippen molar-refractivity contribution in [3.05, 3.63) is 69.2 Å². The van der Waals surface area contributed by atoms with Gasteiger partial charge in [-0.25, -0.2) is 13.8 Å². The Hall–Kier alpha value is -3.43. The molecular weight excluding hydrogens is 540 g/mol. The monoisotopic (exact) mass is 567 g/mol. The van der Waals surface area contributed by atoms with Crippen molar-refractivity contribution >= 4 is 25.9 Å². The topological polar surface area (TPSA) is 141 Å². The number of aliphatic hydroxyl groups is 1. The van der Waals surface area contributed by atoms with Gasteiger partial charge in [-0.05, 0) is 39.0 Å². The molecule has 0 amide bonds. The Morgan fingerprint density at radius 3 is 2.68 bits per heavy atom. The third-order valence-electron chi connectivity index (χ3n) is 5.13. The number of nitrogens with one attached hydrogen (secondary N) is 2. The lowest BCUT2D eigenvalue weighted by atomic mass is 9.96. The van der Waals surface area contributed by atoms with Crippen LogP contribution in [-0.2, 0) is 23.4 Å². The fourth-order valence-corrected chi connectivity index (χ4v) is 4.93. The number of esters is 1. The molecular formula is C24H27FN3O8PS. The number of allylic oxidation sites excluding steroid dienone is 1. The lowest BCUT2D eigenvalue weighted by Crippen LogP contribution is -2.44. The van der Waals surface area contributed by atoms with Gasteiger partial charge in [-0.2, -0.15) is 5.09 Å². The number of alkyl halides is 1. The minimum absolute atomic E-state index is 0.101. The Kier molecular flexibility index (Phi) is 9.17. The van der Waals surface area contributed by atoms with Crippen LogP contribution >= 0.6 is 20.0 Å². The Bertz CT molecular complexity index is 1400. The van der Waals surface area contributed by atoms with E-state index in [-0.39, 0.29) is 16.1 Å². The first-order valence-electron chi connectivity index (χ1n) is 11.4. The van der Waals surface area contributed by atoms with Crippen molar-refractivity contribution < 1.29 is 37.4 Å². The number of terminal acetylenes is 1. The third kappa shape index (κ3) is 7.11. The molecule has 38 heavy (non-hydrogen) atoms. The molecule has 0 aliphatic carbocycles. The summed E-state index contributed by atoms with van der Waals surface area (Å²) in [5.74, 6) is 0.360. The summed E-state index contributed by atoms with van der Waals surface area (Å²) < 4.78 is 51.9. The highest BCUT2D eigenvalue weighted by Crippen LogP contribution is 2.47. The lowest BCUT2D eigenvalue weighted by Gasteiger charge is -2.36. The lowest BCUT2D eigenvalue weighted by molar-refractivity contribution is -0.149. The number of hydrogen-bond acceptors (Lipinski definition) is 9. The van der Waals surface area contributed by atoms with Gasteiger partial charge in [0.2, 0.25) is 11.9 Å². The predicted octanol–water partition coefficient (Wildman–Crippen LogP) is 4.07. The van der Waals surface area contributed by atoms with E-state index in [4.69, 9.17) is 37.2 Å². The first-order chi connectivity index (χ1) is 17.9. The first-order valence-corrected chi connectivity index (χ1v) is 13.3. The Labute approximate surface area is 223 Å². The highest BCUT2D eigenvalue weighted by molar-refractivity contribution is 7.71. The Balaban J connectivity index is 1.88. The molecule has 2 unspecified atom stereocenters. The average molecular weight is 568 g/mol. The van der Waals surface area contributed by atoms with E-state index in [2.05, 4.69) is 10.1 Å². The summed E-state index contributed by atoms with van der Waals surface area (Å²) in [6.45, 7) is 4.00. The van der Waals surface area contributed by atoms with E-state index in [9.17, 15) is 19.3 Å². The zero-order valence-electron chi connectivity index (χ0n) is 20.8. The molecule has 204 valence electrons. The highest BCUT2D eigenvalue weighted by atomic mass is 32.1. The van der Waals surface area contributed by atoms with Crippen LogP contribution in [-0.4, -0.2) is 45.0 Å². The van der Waals surface area contributed by atoms with Crippen LogP contribution in [0.4, 0.5) is 4.39 Å². The fraction of sp³-hybridized carbons (Fsp3) is 0.375. The molecule has 0 fully saturated rings. The largest absolute Gasteiger partial charge is 0.509 e. The molecule has 0 radical (unpaired) electrons. The molecule has 3 N–H and O–H groups in total. The van der Waals surface area contributed by atoms with Crippen LogP contribution in [0.25, 0.3) is 0 Å². The number of carbonyl (C=O) groups excluding carboxylic acids is 1. The predicted molar refractivity (Wildman–Crippen MR) is 137 cm³/mol. The minimum Gasteiger partial charge on any atom is -0.509 e. The van der Waals surface area contributed by atoms with E-state index in [1.54, 1.807) is 32.0 Å². The molecule has 4 atom stereocenters. The normalized spacial score (nSPS) is 21.6. The van der Waals surface area contributed by atoms with Gasteiger partial charge in [0.15, 0.2) is 5.76 Å². The van der Waals surface area contributed by atoms with Gasteiger partial charge in [-0.1, -0.05) is 36.3 Å². The summed E-state index contributed by atoms with van der Waals surface area (Å²) in [6.07, 6.45) is 3.67. The maximum atomic E-state index is 15.5. The molecule has 1 aliphatic rings. The standard InChI is InChI=1S/C24H27FN3O8PS/c1-5-24(25)13-18(29)19(35-22(24)28-12-11-20(38)26-23(28)31)14-33-37(32,36-17-9-7-6-8-10-17)27-16(4)21(30)34-15(2)3/h1,6-12,15-16,22,29H,13-14H2,2-4H3,(H,27,32)(H,26,31,38)/t16-,22+,24?,37?/m0/s1. The third-order valence-corrected chi connectivity index (χ3v) is 6.99. The number of halogens is 1. The molecule has 0 saturated heterocycles. The number of ether oxygens (including phenoxy) is 2. The molecule has 2 aromatic rings. The van der Waals surface area contributed by atoms with E-state index in [1.807, 2.05) is 5.92 Å². The molecule has 0 bridgehead atoms. The number of hydrogen-bond donors (Lipinski definition) is 3.